The number of carboxylic acids is 1. The van der Waals surface area contributed by atoms with Crippen molar-refractivity contribution in [3.05, 3.63) is 41.6 Å². The number of hydrogen-bond donors (Lipinski definition) is 2. The van der Waals surface area contributed by atoms with Gasteiger partial charge in [0.2, 0.25) is 5.95 Å². The Hall–Kier alpha value is -2.63. The second-order valence-electron chi connectivity index (χ2n) is 7.16. The maximum Gasteiger partial charge on any atom is 0.306 e. The second kappa shape index (κ2) is 7.72. The fourth-order valence-electron chi connectivity index (χ4n) is 3.40. The first-order valence-electron chi connectivity index (χ1n) is 9.13. The van der Waals surface area contributed by atoms with Crippen molar-refractivity contribution in [2.24, 2.45) is 5.92 Å². The average molecular weight is 354 g/mol. The Morgan fingerprint density at radius 2 is 2.00 bits per heavy atom. The molecule has 1 aliphatic rings. The van der Waals surface area contributed by atoms with E-state index in [1.54, 1.807) is 6.20 Å². The van der Waals surface area contributed by atoms with Crippen LogP contribution in [-0.4, -0.2) is 34.1 Å². The molecule has 1 fully saturated rings. The molecule has 2 heterocycles. The molecule has 0 spiro atoms. The van der Waals surface area contributed by atoms with E-state index in [2.05, 4.69) is 59.2 Å². The Kier molecular flexibility index (Phi) is 5.40. The van der Waals surface area contributed by atoms with Gasteiger partial charge < -0.3 is 15.3 Å². The van der Waals surface area contributed by atoms with Gasteiger partial charge in [0.05, 0.1) is 5.92 Å². The summed E-state index contributed by atoms with van der Waals surface area (Å²) in [5.74, 6) is 0.863. The third kappa shape index (κ3) is 3.95. The number of aliphatic carboxylic acids is 1. The first kappa shape index (κ1) is 18.2. The molecule has 1 aromatic carbocycles. The standard InChI is InChI=1S/C20H26N4O2/c1-13(2)16-6-4-5-14(3)18(16)23-20-21-10-7-17(22-20)24-11-8-15(9-12-24)19(25)26/h4-7,10,13,15H,8-9,11-12H2,1-3H3,(H,25,26)(H,21,22,23). The molecule has 6 heteroatoms. The Balaban J connectivity index is 1.78. The Labute approximate surface area is 154 Å². The van der Waals surface area contributed by atoms with E-state index in [1.807, 2.05) is 6.07 Å². The SMILES string of the molecule is Cc1cccc(C(C)C)c1Nc1nccc(N2CCC(C(=O)O)CC2)n1. The summed E-state index contributed by atoms with van der Waals surface area (Å²) in [6.45, 7) is 7.83. The van der Waals surface area contributed by atoms with Crippen molar-refractivity contribution < 1.29 is 9.90 Å². The van der Waals surface area contributed by atoms with Crippen molar-refractivity contribution in [3.63, 3.8) is 0 Å². The van der Waals surface area contributed by atoms with Crippen molar-refractivity contribution in [1.29, 1.82) is 0 Å². The molecule has 1 aliphatic heterocycles. The lowest BCUT2D eigenvalue weighted by Crippen LogP contribution is -2.36. The van der Waals surface area contributed by atoms with Crippen molar-refractivity contribution in [1.82, 2.24) is 9.97 Å². The summed E-state index contributed by atoms with van der Waals surface area (Å²) < 4.78 is 0. The lowest BCUT2D eigenvalue weighted by Gasteiger charge is -2.31. The van der Waals surface area contributed by atoms with E-state index < -0.39 is 5.97 Å². The minimum Gasteiger partial charge on any atom is -0.481 e. The van der Waals surface area contributed by atoms with Gasteiger partial charge in [-0.05, 0) is 42.9 Å². The molecule has 0 aliphatic carbocycles. The average Bonchev–Trinajstić information content (AvgIpc) is 2.63. The number of nitrogens with zero attached hydrogens (tertiary/aromatic N) is 3. The highest BCUT2D eigenvalue weighted by molar-refractivity contribution is 5.70. The van der Waals surface area contributed by atoms with Gasteiger partial charge in [-0.2, -0.15) is 4.98 Å². The minimum absolute atomic E-state index is 0.244. The number of para-hydroxylation sites is 1. The number of carbonyl (C=O) groups is 1. The molecule has 1 aromatic heterocycles. The summed E-state index contributed by atoms with van der Waals surface area (Å²) in [6.07, 6.45) is 3.05. The molecule has 3 rings (SSSR count). The van der Waals surface area contributed by atoms with E-state index in [1.165, 1.54) is 5.56 Å². The predicted octanol–water partition coefficient (Wildman–Crippen LogP) is 3.95. The predicted molar refractivity (Wildman–Crippen MR) is 103 cm³/mol. The lowest BCUT2D eigenvalue weighted by atomic mass is 9.97. The molecule has 1 saturated heterocycles. The number of nitrogens with one attached hydrogen (secondary N) is 1. The highest BCUT2D eigenvalue weighted by atomic mass is 16.4. The van der Waals surface area contributed by atoms with Crippen LogP contribution in [0.5, 0.6) is 0 Å². The normalized spacial score (nSPS) is 15.3. The smallest absolute Gasteiger partial charge is 0.306 e. The number of benzene rings is 1. The van der Waals surface area contributed by atoms with Gasteiger partial charge in [0.1, 0.15) is 5.82 Å². The van der Waals surface area contributed by atoms with Crippen LogP contribution in [0.2, 0.25) is 0 Å². The zero-order valence-corrected chi connectivity index (χ0v) is 15.6. The van der Waals surface area contributed by atoms with Gasteiger partial charge in [0.15, 0.2) is 0 Å². The van der Waals surface area contributed by atoms with Crippen molar-refractivity contribution in [2.75, 3.05) is 23.3 Å². The van der Waals surface area contributed by atoms with Gasteiger partial charge in [-0.15, -0.1) is 0 Å². The van der Waals surface area contributed by atoms with E-state index in [9.17, 15) is 4.79 Å². The van der Waals surface area contributed by atoms with Crippen molar-refractivity contribution in [3.8, 4) is 0 Å². The molecule has 0 atom stereocenters. The monoisotopic (exact) mass is 354 g/mol. The molecule has 0 bridgehead atoms. The Morgan fingerprint density at radius 3 is 2.65 bits per heavy atom. The van der Waals surface area contributed by atoms with E-state index in [4.69, 9.17) is 5.11 Å². The van der Waals surface area contributed by atoms with Crippen LogP contribution in [0.25, 0.3) is 0 Å². The lowest BCUT2D eigenvalue weighted by molar-refractivity contribution is -0.142. The largest absolute Gasteiger partial charge is 0.481 e. The summed E-state index contributed by atoms with van der Waals surface area (Å²) in [6, 6.07) is 8.16. The van der Waals surface area contributed by atoms with Gasteiger partial charge >= 0.3 is 5.97 Å². The quantitative estimate of drug-likeness (QED) is 0.846. The fourth-order valence-corrected chi connectivity index (χ4v) is 3.40. The zero-order chi connectivity index (χ0) is 18.7. The molecule has 6 nitrogen and oxygen atoms in total. The number of carboxylic acid groups (broad SMARTS) is 1. The van der Waals surface area contributed by atoms with Gasteiger partial charge in [-0.1, -0.05) is 32.0 Å². The van der Waals surface area contributed by atoms with Crippen LogP contribution < -0.4 is 10.2 Å². The maximum absolute atomic E-state index is 11.1. The van der Waals surface area contributed by atoms with Crippen LogP contribution in [0.4, 0.5) is 17.5 Å². The topological polar surface area (TPSA) is 78.4 Å². The molecule has 0 unspecified atom stereocenters. The molecular weight excluding hydrogens is 328 g/mol. The van der Waals surface area contributed by atoms with Crippen LogP contribution >= 0.6 is 0 Å². The molecule has 0 saturated carbocycles. The van der Waals surface area contributed by atoms with Crippen LogP contribution in [0.15, 0.2) is 30.5 Å². The van der Waals surface area contributed by atoms with Crippen molar-refractivity contribution >= 4 is 23.4 Å². The number of anilines is 3. The molecule has 2 N–H and O–H groups in total. The summed E-state index contributed by atoms with van der Waals surface area (Å²) in [5.41, 5.74) is 3.46. The highest BCUT2D eigenvalue weighted by Crippen LogP contribution is 2.30. The summed E-state index contributed by atoms with van der Waals surface area (Å²) >= 11 is 0. The molecule has 0 amide bonds. The molecule has 26 heavy (non-hydrogen) atoms. The first-order valence-corrected chi connectivity index (χ1v) is 9.13. The third-order valence-corrected chi connectivity index (χ3v) is 4.97. The summed E-state index contributed by atoms with van der Waals surface area (Å²) in [5, 5.41) is 12.5. The molecule has 138 valence electrons. The highest BCUT2D eigenvalue weighted by Gasteiger charge is 2.25. The van der Waals surface area contributed by atoms with E-state index in [-0.39, 0.29) is 5.92 Å². The van der Waals surface area contributed by atoms with Gasteiger partial charge in [0.25, 0.3) is 0 Å². The van der Waals surface area contributed by atoms with Crippen molar-refractivity contribution in [2.45, 2.75) is 39.5 Å². The van der Waals surface area contributed by atoms with Crippen LogP contribution in [0.1, 0.15) is 43.7 Å². The van der Waals surface area contributed by atoms with Crippen LogP contribution in [0, 0.1) is 12.8 Å². The summed E-state index contributed by atoms with van der Waals surface area (Å²) in [4.78, 5) is 22.3. The molecule has 2 aromatic rings. The number of aryl methyl sites for hydroxylation is 1. The second-order valence-corrected chi connectivity index (χ2v) is 7.16. The first-order chi connectivity index (χ1) is 12.5. The number of piperidine rings is 1. The number of hydrogen-bond acceptors (Lipinski definition) is 5. The zero-order valence-electron chi connectivity index (χ0n) is 15.6. The molecule has 0 radical (unpaired) electrons. The van der Waals surface area contributed by atoms with Crippen LogP contribution in [-0.2, 0) is 4.79 Å². The Bertz CT molecular complexity index is 783. The summed E-state index contributed by atoms with van der Waals surface area (Å²) in [7, 11) is 0. The van der Waals surface area contributed by atoms with Gasteiger partial charge in [-0.25, -0.2) is 4.98 Å². The van der Waals surface area contributed by atoms with E-state index in [0.29, 0.717) is 37.8 Å². The van der Waals surface area contributed by atoms with E-state index in [0.717, 1.165) is 17.1 Å². The van der Waals surface area contributed by atoms with Crippen LogP contribution in [0.3, 0.4) is 0 Å². The van der Waals surface area contributed by atoms with Gasteiger partial charge in [0, 0.05) is 25.0 Å². The van der Waals surface area contributed by atoms with Gasteiger partial charge in [-0.3, -0.25) is 4.79 Å². The third-order valence-electron chi connectivity index (χ3n) is 4.97. The maximum atomic E-state index is 11.1. The number of rotatable bonds is 5. The van der Waals surface area contributed by atoms with E-state index >= 15 is 0 Å². The molecular formula is C20H26N4O2. The number of aromatic nitrogens is 2. The Morgan fingerprint density at radius 1 is 1.27 bits per heavy atom. The fraction of sp³-hybridized carbons (Fsp3) is 0.450. The minimum atomic E-state index is -0.699.